The first-order chi connectivity index (χ1) is 13.9. The van der Waals surface area contributed by atoms with Crippen LogP contribution in [-0.2, 0) is 6.54 Å². The summed E-state index contributed by atoms with van der Waals surface area (Å²) in [5.74, 6) is 0.244. The van der Waals surface area contributed by atoms with E-state index in [1.54, 1.807) is 18.2 Å². The number of anilines is 1. The van der Waals surface area contributed by atoms with Gasteiger partial charge in [0.05, 0.1) is 24.4 Å². The molecule has 0 radical (unpaired) electrons. The third-order valence-corrected chi connectivity index (χ3v) is 3.66. The molecule has 1 N–H and O–H groups in total. The second kappa shape index (κ2) is 8.80. The van der Waals surface area contributed by atoms with Crippen molar-refractivity contribution in [3.63, 3.8) is 0 Å². The SMILES string of the molecule is CCOc1ccccc1-c1noc(CNc2cc(F)ccc2OCC(F)(F)F)n1. The van der Waals surface area contributed by atoms with E-state index in [0.717, 1.165) is 18.2 Å². The second-order valence-electron chi connectivity index (χ2n) is 5.84. The Morgan fingerprint density at radius 3 is 2.62 bits per heavy atom. The Bertz CT molecular complexity index is 960. The Kier molecular flexibility index (Phi) is 6.20. The van der Waals surface area contributed by atoms with Crippen molar-refractivity contribution in [1.82, 2.24) is 10.1 Å². The van der Waals surface area contributed by atoms with Crippen molar-refractivity contribution in [3.05, 3.63) is 54.2 Å². The largest absolute Gasteiger partial charge is 0.493 e. The molecule has 0 unspecified atom stereocenters. The summed E-state index contributed by atoms with van der Waals surface area (Å²) in [5.41, 5.74) is 0.660. The highest BCUT2D eigenvalue weighted by atomic mass is 19.4. The fraction of sp³-hybridized carbons (Fsp3) is 0.263. The lowest BCUT2D eigenvalue weighted by molar-refractivity contribution is -0.153. The molecule has 29 heavy (non-hydrogen) atoms. The molecule has 0 spiro atoms. The van der Waals surface area contributed by atoms with Crippen LogP contribution in [0.15, 0.2) is 47.0 Å². The van der Waals surface area contributed by atoms with E-state index in [1.165, 1.54) is 0 Å². The van der Waals surface area contributed by atoms with Crippen LogP contribution in [0.1, 0.15) is 12.8 Å². The Morgan fingerprint density at radius 2 is 1.86 bits per heavy atom. The van der Waals surface area contributed by atoms with E-state index >= 15 is 0 Å². The van der Waals surface area contributed by atoms with E-state index in [2.05, 4.69) is 15.5 Å². The molecule has 10 heteroatoms. The lowest BCUT2D eigenvalue weighted by atomic mass is 10.2. The minimum absolute atomic E-state index is 0.0312. The van der Waals surface area contributed by atoms with Gasteiger partial charge in [0.1, 0.15) is 17.3 Å². The lowest BCUT2D eigenvalue weighted by Crippen LogP contribution is -2.19. The Labute approximate surface area is 163 Å². The fourth-order valence-corrected chi connectivity index (χ4v) is 2.47. The summed E-state index contributed by atoms with van der Waals surface area (Å²) in [6.45, 7) is 0.769. The van der Waals surface area contributed by atoms with Gasteiger partial charge in [0.15, 0.2) is 6.61 Å². The van der Waals surface area contributed by atoms with Crippen LogP contribution in [0.3, 0.4) is 0 Å². The first-order valence-electron chi connectivity index (χ1n) is 8.63. The van der Waals surface area contributed by atoms with E-state index in [0.29, 0.717) is 23.7 Å². The standard InChI is InChI=1S/C19H17F4N3O3/c1-2-27-15-6-4-3-5-13(15)18-25-17(29-26-18)10-24-14-9-12(20)7-8-16(14)28-11-19(21,22)23/h3-9,24H,2,10-11H2,1H3. The minimum atomic E-state index is -4.51. The number of halogens is 4. The van der Waals surface area contributed by atoms with Crippen molar-refractivity contribution in [3.8, 4) is 22.9 Å². The first-order valence-corrected chi connectivity index (χ1v) is 8.63. The molecule has 0 saturated heterocycles. The van der Waals surface area contributed by atoms with Crippen molar-refractivity contribution in [2.45, 2.75) is 19.6 Å². The molecular formula is C19H17F4N3O3. The van der Waals surface area contributed by atoms with Gasteiger partial charge in [-0.25, -0.2) is 4.39 Å². The van der Waals surface area contributed by atoms with Crippen LogP contribution in [0, 0.1) is 5.82 Å². The Balaban J connectivity index is 1.72. The number of rotatable bonds is 8. The quantitative estimate of drug-likeness (QED) is 0.536. The molecule has 3 aromatic rings. The molecule has 1 aromatic heterocycles. The number of hydrogen-bond acceptors (Lipinski definition) is 6. The zero-order chi connectivity index (χ0) is 20.9. The normalized spacial score (nSPS) is 11.3. The van der Waals surface area contributed by atoms with Crippen LogP contribution < -0.4 is 14.8 Å². The van der Waals surface area contributed by atoms with Gasteiger partial charge in [-0.3, -0.25) is 0 Å². The van der Waals surface area contributed by atoms with Gasteiger partial charge in [-0.15, -0.1) is 0 Å². The average Bonchev–Trinajstić information content (AvgIpc) is 3.14. The van der Waals surface area contributed by atoms with Gasteiger partial charge in [0.2, 0.25) is 11.7 Å². The van der Waals surface area contributed by atoms with Crippen LogP contribution in [0.25, 0.3) is 11.4 Å². The minimum Gasteiger partial charge on any atom is -0.493 e. The van der Waals surface area contributed by atoms with Crippen molar-refractivity contribution < 1.29 is 31.6 Å². The summed E-state index contributed by atoms with van der Waals surface area (Å²) in [5, 5.41) is 6.64. The van der Waals surface area contributed by atoms with Crippen molar-refractivity contribution in [1.29, 1.82) is 0 Å². The predicted octanol–water partition coefficient (Wildman–Crippen LogP) is 4.83. The highest BCUT2D eigenvalue weighted by Gasteiger charge is 2.29. The maximum absolute atomic E-state index is 13.5. The highest BCUT2D eigenvalue weighted by molar-refractivity contribution is 5.63. The van der Waals surface area contributed by atoms with E-state index in [9.17, 15) is 17.6 Å². The zero-order valence-electron chi connectivity index (χ0n) is 15.3. The number of para-hydroxylation sites is 1. The zero-order valence-corrected chi connectivity index (χ0v) is 15.3. The van der Waals surface area contributed by atoms with Crippen LogP contribution >= 0.6 is 0 Å². The van der Waals surface area contributed by atoms with Crippen molar-refractivity contribution >= 4 is 5.69 Å². The van der Waals surface area contributed by atoms with Gasteiger partial charge in [0, 0.05) is 6.07 Å². The summed E-state index contributed by atoms with van der Waals surface area (Å²) in [4.78, 5) is 4.24. The van der Waals surface area contributed by atoms with Gasteiger partial charge in [-0.05, 0) is 31.2 Å². The maximum atomic E-state index is 13.5. The molecule has 3 rings (SSSR count). The molecule has 0 atom stereocenters. The Hall–Kier alpha value is -3.30. The average molecular weight is 411 g/mol. The number of ether oxygens (including phenoxy) is 2. The molecule has 0 aliphatic rings. The van der Waals surface area contributed by atoms with E-state index in [4.69, 9.17) is 14.0 Å². The van der Waals surface area contributed by atoms with Crippen LogP contribution in [-0.4, -0.2) is 29.5 Å². The van der Waals surface area contributed by atoms with Gasteiger partial charge in [-0.2, -0.15) is 18.2 Å². The Morgan fingerprint density at radius 1 is 1.07 bits per heavy atom. The first kappa shape index (κ1) is 20.4. The van der Waals surface area contributed by atoms with Crippen molar-refractivity contribution in [2.24, 2.45) is 0 Å². The molecule has 0 aliphatic heterocycles. The number of nitrogens with zero attached hydrogens (tertiary/aromatic N) is 2. The monoisotopic (exact) mass is 411 g/mol. The van der Waals surface area contributed by atoms with Crippen LogP contribution in [0.4, 0.5) is 23.2 Å². The molecule has 0 bridgehead atoms. The van der Waals surface area contributed by atoms with Crippen molar-refractivity contribution in [2.75, 3.05) is 18.5 Å². The van der Waals surface area contributed by atoms with Gasteiger partial charge in [0.25, 0.3) is 0 Å². The summed E-state index contributed by atoms with van der Waals surface area (Å²) in [6.07, 6.45) is -4.51. The van der Waals surface area contributed by atoms with Crippen LogP contribution in [0.5, 0.6) is 11.5 Å². The third kappa shape index (κ3) is 5.59. The van der Waals surface area contributed by atoms with E-state index < -0.39 is 18.6 Å². The molecule has 2 aromatic carbocycles. The molecule has 1 heterocycles. The summed E-state index contributed by atoms with van der Waals surface area (Å²) in [7, 11) is 0. The third-order valence-electron chi connectivity index (χ3n) is 3.66. The molecule has 154 valence electrons. The van der Waals surface area contributed by atoms with E-state index in [-0.39, 0.29) is 23.9 Å². The summed E-state index contributed by atoms with van der Waals surface area (Å²) in [6, 6.07) is 10.3. The van der Waals surface area contributed by atoms with E-state index in [1.807, 2.05) is 13.0 Å². The molecule has 6 nitrogen and oxygen atoms in total. The fourth-order valence-electron chi connectivity index (χ4n) is 2.47. The number of hydrogen-bond donors (Lipinski definition) is 1. The predicted molar refractivity (Wildman–Crippen MR) is 96.2 cm³/mol. The highest BCUT2D eigenvalue weighted by Crippen LogP contribution is 2.29. The maximum Gasteiger partial charge on any atom is 0.422 e. The molecular weight excluding hydrogens is 394 g/mol. The summed E-state index contributed by atoms with van der Waals surface area (Å²) >= 11 is 0. The summed E-state index contributed by atoms with van der Waals surface area (Å²) < 4.78 is 66.1. The number of benzene rings is 2. The molecule has 0 fully saturated rings. The topological polar surface area (TPSA) is 69.4 Å². The number of nitrogens with one attached hydrogen (secondary N) is 1. The smallest absolute Gasteiger partial charge is 0.422 e. The van der Waals surface area contributed by atoms with Gasteiger partial charge < -0.3 is 19.3 Å². The van der Waals surface area contributed by atoms with Crippen LogP contribution in [0.2, 0.25) is 0 Å². The lowest BCUT2D eigenvalue weighted by Gasteiger charge is -2.13. The number of aromatic nitrogens is 2. The molecule has 0 amide bonds. The number of alkyl halides is 3. The van der Waals surface area contributed by atoms with Gasteiger partial charge >= 0.3 is 6.18 Å². The second-order valence-corrected chi connectivity index (χ2v) is 5.84. The van der Waals surface area contributed by atoms with Gasteiger partial charge in [-0.1, -0.05) is 17.3 Å². The molecule has 0 saturated carbocycles. The molecule has 0 aliphatic carbocycles.